The van der Waals surface area contributed by atoms with E-state index in [1.807, 2.05) is 12.1 Å². The second-order valence-electron chi connectivity index (χ2n) is 5.22. The first-order valence-corrected chi connectivity index (χ1v) is 7.62. The normalized spacial score (nSPS) is 13.2. The Morgan fingerprint density at radius 3 is 2.47 bits per heavy atom. The summed E-state index contributed by atoms with van der Waals surface area (Å²) in [6.07, 6.45) is 1.12. The van der Waals surface area contributed by atoms with Gasteiger partial charge in [0.15, 0.2) is 0 Å². The number of nitrogens with zero attached hydrogens (tertiary/aromatic N) is 2. The Balaban J connectivity index is 2.85. The van der Waals surface area contributed by atoms with E-state index in [2.05, 4.69) is 53.7 Å². The first-order valence-electron chi connectivity index (χ1n) is 6.83. The Morgan fingerprint density at radius 1 is 1.21 bits per heavy atom. The lowest BCUT2D eigenvalue weighted by molar-refractivity contribution is 0.187. The second-order valence-corrected chi connectivity index (χ2v) is 6.13. The SMILES string of the molecule is CCCN(CCN(C)C)C(C)c1cc(Br)ccc1O. The predicted molar refractivity (Wildman–Crippen MR) is 84.6 cm³/mol. The lowest BCUT2D eigenvalue weighted by Crippen LogP contribution is -2.34. The average Bonchev–Trinajstić information content (AvgIpc) is 2.36. The van der Waals surface area contributed by atoms with Crippen LogP contribution < -0.4 is 0 Å². The molecule has 1 aromatic rings. The highest BCUT2D eigenvalue weighted by atomic mass is 79.9. The van der Waals surface area contributed by atoms with Gasteiger partial charge in [0.2, 0.25) is 0 Å². The molecule has 1 unspecified atom stereocenters. The van der Waals surface area contributed by atoms with Gasteiger partial charge in [-0.25, -0.2) is 0 Å². The molecule has 0 radical (unpaired) electrons. The third-order valence-electron chi connectivity index (χ3n) is 3.33. The molecule has 1 atom stereocenters. The zero-order valence-corrected chi connectivity index (χ0v) is 13.9. The minimum atomic E-state index is 0.220. The van der Waals surface area contributed by atoms with Gasteiger partial charge in [-0.1, -0.05) is 22.9 Å². The summed E-state index contributed by atoms with van der Waals surface area (Å²) in [7, 11) is 4.18. The number of hydrogen-bond donors (Lipinski definition) is 1. The highest BCUT2D eigenvalue weighted by Gasteiger charge is 2.18. The van der Waals surface area contributed by atoms with Crippen molar-refractivity contribution in [1.82, 2.24) is 9.80 Å². The summed E-state index contributed by atoms with van der Waals surface area (Å²) in [4.78, 5) is 4.61. The molecule has 0 spiro atoms. The van der Waals surface area contributed by atoms with Gasteiger partial charge in [-0.15, -0.1) is 0 Å². The van der Waals surface area contributed by atoms with Gasteiger partial charge in [0.1, 0.15) is 5.75 Å². The van der Waals surface area contributed by atoms with E-state index >= 15 is 0 Å². The summed E-state index contributed by atoms with van der Waals surface area (Å²) in [5.41, 5.74) is 0.988. The molecule has 0 heterocycles. The second kappa shape index (κ2) is 7.88. The molecule has 0 saturated heterocycles. The van der Waals surface area contributed by atoms with Crippen molar-refractivity contribution in [1.29, 1.82) is 0 Å². The van der Waals surface area contributed by atoms with Gasteiger partial charge in [0, 0.05) is 29.2 Å². The molecule has 3 nitrogen and oxygen atoms in total. The van der Waals surface area contributed by atoms with Gasteiger partial charge in [0.25, 0.3) is 0 Å². The molecule has 0 aliphatic carbocycles. The fourth-order valence-corrected chi connectivity index (χ4v) is 2.55. The van der Waals surface area contributed by atoms with Gasteiger partial charge in [-0.2, -0.15) is 0 Å². The van der Waals surface area contributed by atoms with Crippen LogP contribution in [0.4, 0.5) is 0 Å². The smallest absolute Gasteiger partial charge is 0.120 e. The lowest BCUT2D eigenvalue weighted by atomic mass is 10.1. The molecule has 0 fully saturated rings. The summed E-state index contributed by atoms with van der Waals surface area (Å²) in [6, 6.07) is 5.86. The van der Waals surface area contributed by atoms with Crippen molar-refractivity contribution in [2.75, 3.05) is 33.7 Å². The zero-order chi connectivity index (χ0) is 14.4. The monoisotopic (exact) mass is 328 g/mol. The quantitative estimate of drug-likeness (QED) is 0.829. The summed E-state index contributed by atoms with van der Waals surface area (Å²) in [5.74, 6) is 0.377. The number of benzene rings is 1. The molecule has 0 saturated carbocycles. The lowest BCUT2D eigenvalue weighted by Gasteiger charge is -2.30. The summed E-state index contributed by atoms with van der Waals surface area (Å²) >= 11 is 3.48. The zero-order valence-electron chi connectivity index (χ0n) is 12.4. The maximum Gasteiger partial charge on any atom is 0.120 e. The number of rotatable bonds is 7. The van der Waals surface area contributed by atoms with Crippen molar-refractivity contribution < 1.29 is 5.11 Å². The Bertz CT molecular complexity index is 396. The highest BCUT2D eigenvalue weighted by Crippen LogP contribution is 2.30. The van der Waals surface area contributed by atoms with E-state index in [4.69, 9.17) is 0 Å². The Hall–Kier alpha value is -0.580. The Morgan fingerprint density at radius 2 is 1.89 bits per heavy atom. The van der Waals surface area contributed by atoms with Crippen LogP contribution >= 0.6 is 15.9 Å². The molecule has 0 bridgehead atoms. The molecule has 4 heteroatoms. The maximum atomic E-state index is 10.0. The minimum Gasteiger partial charge on any atom is -0.508 e. The first kappa shape index (κ1) is 16.5. The number of hydrogen-bond acceptors (Lipinski definition) is 3. The van der Waals surface area contributed by atoms with Crippen LogP contribution in [0.25, 0.3) is 0 Å². The van der Waals surface area contributed by atoms with E-state index < -0.39 is 0 Å². The Labute approximate surface area is 125 Å². The number of aromatic hydroxyl groups is 1. The van der Waals surface area contributed by atoms with Crippen LogP contribution in [0, 0.1) is 0 Å². The molecular formula is C15H25BrN2O. The topological polar surface area (TPSA) is 26.7 Å². The number of phenolic OH excluding ortho intramolecular Hbond substituents is 1. The highest BCUT2D eigenvalue weighted by molar-refractivity contribution is 9.10. The van der Waals surface area contributed by atoms with Gasteiger partial charge in [-0.05, 0) is 52.2 Å². The Kier molecular flexibility index (Phi) is 6.83. The van der Waals surface area contributed by atoms with Crippen LogP contribution in [0.3, 0.4) is 0 Å². The third kappa shape index (κ3) is 5.13. The third-order valence-corrected chi connectivity index (χ3v) is 3.83. The van der Waals surface area contributed by atoms with E-state index in [0.717, 1.165) is 36.1 Å². The number of phenols is 1. The molecule has 0 aliphatic rings. The van der Waals surface area contributed by atoms with Crippen LogP contribution in [-0.2, 0) is 0 Å². The summed E-state index contributed by atoms with van der Waals surface area (Å²) < 4.78 is 1.01. The maximum absolute atomic E-state index is 10.0. The molecule has 0 amide bonds. The molecule has 108 valence electrons. The van der Waals surface area contributed by atoms with Crippen molar-refractivity contribution >= 4 is 15.9 Å². The molecule has 1 rings (SSSR count). The molecule has 19 heavy (non-hydrogen) atoms. The van der Waals surface area contributed by atoms with Crippen molar-refractivity contribution in [3.8, 4) is 5.75 Å². The molecule has 1 N–H and O–H groups in total. The fourth-order valence-electron chi connectivity index (χ4n) is 2.17. The minimum absolute atomic E-state index is 0.220. The summed E-state index contributed by atoms with van der Waals surface area (Å²) in [5, 5.41) is 10.0. The molecule has 1 aromatic carbocycles. The van der Waals surface area contributed by atoms with E-state index in [1.165, 1.54) is 0 Å². The van der Waals surface area contributed by atoms with Gasteiger partial charge in [0.05, 0.1) is 0 Å². The van der Waals surface area contributed by atoms with Crippen molar-refractivity contribution in [3.05, 3.63) is 28.2 Å². The van der Waals surface area contributed by atoms with Gasteiger partial charge < -0.3 is 10.0 Å². The van der Waals surface area contributed by atoms with Crippen molar-refractivity contribution in [2.45, 2.75) is 26.3 Å². The van der Waals surface area contributed by atoms with E-state index in [9.17, 15) is 5.11 Å². The average molecular weight is 329 g/mol. The van der Waals surface area contributed by atoms with Crippen molar-refractivity contribution in [2.24, 2.45) is 0 Å². The van der Waals surface area contributed by atoms with Crippen LogP contribution in [-0.4, -0.2) is 48.6 Å². The van der Waals surface area contributed by atoms with Crippen LogP contribution in [0.15, 0.2) is 22.7 Å². The van der Waals surface area contributed by atoms with E-state index in [1.54, 1.807) is 6.07 Å². The van der Waals surface area contributed by atoms with E-state index in [-0.39, 0.29) is 6.04 Å². The predicted octanol–water partition coefficient (Wildman–Crippen LogP) is 3.49. The molecular weight excluding hydrogens is 304 g/mol. The van der Waals surface area contributed by atoms with Gasteiger partial charge >= 0.3 is 0 Å². The molecule has 0 aromatic heterocycles. The number of halogens is 1. The van der Waals surface area contributed by atoms with Crippen LogP contribution in [0.1, 0.15) is 31.9 Å². The fraction of sp³-hybridized carbons (Fsp3) is 0.600. The summed E-state index contributed by atoms with van der Waals surface area (Å²) in [6.45, 7) is 7.43. The largest absolute Gasteiger partial charge is 0.508 e. The molecule has 0 aliphatic heterocycles. The van der Waals surface area contributed by atoms with Crippen LogP contribution in [0.2, 0.25) is 0 Å². The number of likely N-dealkylation sites (N-methyl/N-ethyl adjacent to an activating group) is 1. The van der Waals surface area contributed by atoms with Gasteiger partial charge in [-0.3, -0.25) is 4.90 Å². The van der Waals surface area contributed by atoms with E-state index in [0.29, 0.717) is 5.75 Å². The van der Waals surface area contributed by atoms with Crippen LogP contribution in [0.5, 0.6) is 5.75 Å². The first-order chi connectivity index (χ1) is 8.95. The van der Waals surface area contributed by atoms with Crippen molar-refractivity contribution in [3.63, 3.8) is 0 Å². The standard InChI is InChI=1S/C15H25BrN2O/c1-5-8-18(10-9-17(3)4)12(2)14-11-13(16)6-7-15(14)19/h6-7,11-12,19H,5,8-10H2,1-4H3.